The molecule has 0 fully saturated rings. The average Bonchev–Trinajstić information content (AvgIpc) is 3.37. The number of aromatic amines is 2. The second-order valence-electron chi connectivity index (χ2n) is 6.34. The van der Waals surface area contributed by atoms with Gasteiger partial charge in [0, 0.05) is 0 Å². The van der Waals surface area contributed by atoms with E-state index in [1.54, 1.807) is 0 Å². The van der Waals surface area contributed by atoms with E-state index in [9.17, 15) is 0 Å². The van der Waals surface area contributed by atoms with E-state index in [-0.39, 0.29) is 39.6 Å². The number of hydrogen-bond acceptors (Lipinski definition) is 0. The summed E-state index contributed by atoms with van der Waals surface area (Å²) in [5.74, 6) is 0. The molecule has 0 saturated heterocycles. The summed E-state index contributed by atoms with van der Waals surface area (Å²) >= 11 is 0. The van der Waals surface area contributed by atoms with Crippen molar-refractivity contribution in [2.24, 2.45) is 0 Å². The molecule has 0 radical (unpaired) electrons. The predicted molar refractivity (Wildman–Crippen MR) is 95.6 cm³/mol. The van der Waals surface area contributed by atoms with Gasteiger partial charge in [-0.3, -0.25) is 9.97 Å². The Morgan fingerprint density at radius 3 is 1.37 bits per heavy atom. The van der Waals surface area contributed by atoms with Gasteiger partial charge in [0.2, 0.25) is 12.7 Å². The molecule has 4 nitrogen and oxygen atoms in total. The molecule has 0 bridgehead atoms. The Morgan fingerprint density at radius 1 is 0.630 bits per heavy atom. The van der Waals surface area contributed by atoms with Crippen LogP contribution >= 0.6 is 0 Å². The van der Waals surface area contributed by atoms with Gasteiger partial charge in [-0.15, -0.1) is 0 Å². The topological polar surface area (TPSA) is 39.3 Å². The number of nitrogens with one attached hydrogen (secondary N) is 2. The highest BCUT2D eigenvalue weighted by Crippen LogP contribution is 2.19. The Labute approximate surface area is 180 Å². The van der Waals surface area contributed by atoms with Crippen LogP contribution in [0.25, 0.3) is 0 Å². The van der Waals surface area contributed by atoms with Gasteiger partial charge in [-0.25, -0.2) is 0 Å². The van der Waals surface area contributed by atoms with Crippen LogP contribution in [0.2, 0.25) is 0 Å². The predicted octanol–water partition coefficient (Wildman–Crippen LogP) is -3.39. The molecule has 0 unspecified atom stereocenters. The summed E-state index contributed by atoms with van der Waals surface area (Å²) in [7, 11) is 0. The lowest BCUT2D eigenvalue weighted by molar-refractivity contribution is -0.994. The van der Waals surface area contributed by atoms with Crippen LogP contribution < -0.4 is 43.1 Å². The fourth-order valence-corrected chi connectivity index (χ4v) is 3.50. The Hall–Kier alpha value is -2.18. The molecule has 4 rings (SSSR count). The Bertz CT molecular complexity index is 814. The SMILES string of the molecule is [Br-].[Br-].c1ccc(CC(Cc2ccccc2)([n+]2cc[nH]c2)[n+]2cc[nH]c2)cc1. The molecule has 2 aromatic carbocycles. The number of aromatic nitrogens is 4. The minimum absolute atomic E-state index is 0. The molecular weight excluding hydrogens is 468 g/mol. The summed E-state index contributed by atoms with van der Waals surface area (Å²) in [6, 6.07) is 21.3. The normalized spacial score (nSPS) is 10.7. The van der Waals surface area contributed by atoms with E-state index in [2.05, 4.69) is 92.2 Å². The first-order valence-corrected chi connectivity index (χ1v) is 8.54. The van der Waals surface area contributed by atoms with Gasteiger partial charge >= 0.3 is 0 Å². The molecular formula is C21H22Br2N4. The smallest absolute Gasteiger partial charge is 0.260 e. The molecule has 0 aliphatic heterocycles. The molecule has 6 heteroatoms. The molecule has 0 aliphatic carbocycles. The molecule has 140 valence electrons. The Morgan fingerprint density at radius 2 is 1.04 bits per heavy atom. The number of nitrogens with zero attached hydrogens (tertiary/aromatic N) is 2. The van der Waals surface area contributed by atoms with Crippen LogP contribution in [0.4, 0.5) is 0 Å². The van der Waals surface area contributed by atoms with E-state index in [1.165, 1.54) is 11.1 Å². The van der Waals surface area contributed by atoms with Crippen LogP contribution in [0, 0.1) is 0 Å². The molecule has 2 aromatic heterocycles. The highest BCUT2D eigenvalue weighted by molar-refractivity contribution is 5.19. The van der Waals surface area contributed by atoms with E-state index in [0.717, 1.165) is 12.8 Å². The van der Waals surface area contributed by atoms with Gasteiger partial charge in [-0.2, -0.15) is 9.13 Å². The summed E-state index contributed by atoms with van der Waals surface area (Å²) in [5.41, 5.74) is 2.34. The molecule has 0 amide bonds. The van der Waals surface area contributed by atoms with E-state index in [1.807, 2.05) is 25.0 Å². The number of benzene rings is 2. The number of rotatable bonds is 6. The summed E-state index contributed by atoms with van der Waals surface area (Å²) in [6.07, 6.45) is 14.0. The lowest BCUT2D eigenvalue weighted by Crippen LogP contribution is -3.00. The monoisotopic (exact) mass is 488 g/mol. The zero-order valence-electron chi connectivity index (χ0n) is 14.8. The van der Waals surface area contributed by atoms with Crippen molar-refractivity contribution in [1.82, 2.24) is 9.97 Å². The van der Waals surface area contributed by atoms with Crippen LogP contribution in [0.15, 0.2) is 98.1 Å². The van der Waals surface area contributed by atoms with Crippen molar-refractivity contribution in [2.45, 2.75) is 18.5 Å². The fourth-order valence-electron chi connectivity index (χ4n) is 3.50. The molecule has 27 heavy (non-hydrogen) atoms. The number of halogens is 2. The molecule has 4 aromatic rings. The molecule has 0 saturated carbocycles. The van der Waals surface area contributed by atoms with Gasteiger partial charge in [0.05, 0.1) is 12.8 Å². The van der Waals surface area contributed by atoms with Crippen LogP contribution in [0.3, 0.4) is 0 Å². The van der Waals surface area contributed by atoms with E-state index >= 15 is 0 Å². The maximum Gasteiger partial charge on any atom is 0.260 e. The summed E-state index contributed by atoms with van der Waals surface area (Å²) in [6.45, 7) is 0. The first-order valence-electron chi connectivity index (χ1n) is 8.54. The van der Waals surface area contributed by atoms with Gasteiger partial charge in [-0.1, -0.05) is 60.7 Å². The number of imidazole rings is 2. The zero-order chi connectivity index (χ0) is 17.0. The van der Waals surface area contributed by atoms with Crippen LogP contribution in [0.1, 0.15) is 11.1 Å². The van der Waals surface area contributed by atoms with Gasteiger partial charge in [0.15, 0.2) is 0 Å². The molecule has 0 spiro atoms. The van der Waals surface area contributed by atoms with Crippen molar-refractivity contribution in [3.63, 3.8) is 0 Å². The number of hydrogen-bond donors (Lipinski definition) is 2. The van der Waals surface area contributed by atoms with Crippen molar-refractivity contribution in [3.05, 3.63) is 109 Å². The van der Waals surface area contributed by atoms with E-state index in [0.29, 0.717) is 0 Å². The van der Waals surface area contributed by atoms with Gasteiger partial charge < -0.3 is 34.0 Å². The number of H-pyrrole nitrogens is 2. The molecule has 0 atom stereocenters. The van der Waals surface area contributed by atoms with Gasteiger partial charge in [0.25, 0.3) is 5.66 Å². The fraction of sp³-hybridized carbons (Fsp3) is 0.143. The van der Waals surface area contributed by atoms with Crippen LogP contribution in [-0.4, -0.2) is 9.97 Å². The van der Waals surface area contributed by atoms with Crippen molar-refractivity contribution in [3.8, 4) is 0 Å². The van der Waals surface area contributed by atoms with E-state index in [4.69, 9.17) is 0 Å². The van der Waals surface area contributed by atoms with Crippen molar-refractivity contribution in [2.75, 3.05) is 0 Å². The minimum Gasteiger partial charge on any atom is -1.00 e. The maximum absolute atomic E-state index is 3.21. The second-order valence-corrected chi connectivity index (χ2v) is 6.34. The third kappa shape index (κ3) is 4.57. The first kappa shape index (κ1) is 21.1. The standard InChI is InChI=1S/C21H20N4.2BrH/c1-3-7-19(8-4-1)15-21(24-13-11-22-17-24,25-14-12-23-18-25)16-20-9-5-2-6-10-20;;/h1-14,17-18H,15-16H2;2*1H. The zero-order valence-corrected chi connectivity index (χ0v) is 18.0. The summed E-state index contributed by atoms with van der Waals surface area (Å²) < 4.78 is 4.53. The van der Waals surface area contributed by atoms with Crippen LogP contribution in [-0.2, 0) is 18.5 Å². The summed E-state index contributed by atoms with van der Waals surface area (Å²) in [4.78, 5) is 6.42. The largest absolute Gasteiger partial charge is 1.00 e. The molecule has 2 heterocycles. The molecule has 2 N–H and O–H groups in total. The lowest BCUT2D eigenvalue weighted by Gasteiger charge is -2.28. The first-order chi connectivity index (χ1) is 12.4. The highest BCUT2D eigenvalue weighted by Gasteiger charge is 2.43. The average molecular weight is 490 g/mol. The van der Waals surface area contributed by atoms with Crippen molar-refractivity contribution < 1.29 is 43.1 Å². The minimum atomic E-state index is -0.275. The van der Waals surface area contributed by atoms with Crippen LogP contribution in [0.5, 0.6) is 0 Å². The lowest BCUT2D eigenvalue weighted by atomic mass is 9.91. The van der Waals surface area contributed by atoms with Gasteiger partial charge in [-0.05, 0) is 11.1 Å². The quantitative estimate of drug-likeness (QED) is 0.265. The third-order valence-corrected chi connectivity index (χ3v) is 4.71. The second kappa shape index (κ2) is 9.67. The molecule has 0 aliphatic rings. The summed E-state index contributed by atoms with van der Waals surface area (Å²) in [5, 5.41) is 0. The van der Waals surface area contributed by atoms with Gasteiger partial charge in [0.1, 0.15) is 24.8 Å². The van der Waals surface area contributed by atoms with E-state index < -0.39 is 0 Å². The Kier molecular flexibility index (Phi) is 7.56. The third-order valence-electron chi connectivity index (χ3n) is 4.71. The highest BCUT2D eigenvalue weighted by atomic mass is 79.9. The Balaban J connectivity index is 0.00000131. The maximum atomic E-state index is 3.21. The van der Waals surface area contributed by atoms with Crippen molar-refractivity contribution >= 4 is 0 Å². The van der Waals surface area contributed by atoms with Crippen molar-refractivity contribution in [1.29, 1.82) is 0 Å².